The van der Waals surface area contributed by atoms with Crippen LogP contribution in [0.3, 0.4) is 0 Å². The highest BCUT2D eigenvalue weighted by Gasteiger charge is 2.29. The van der Waals surface area contributed by atoms with E-state index in [2.05, 4.69) is 10.3 Å². The van der Waals surface area contributed by atoms with Gasteiger partial charge >= 0.3 is 0 Å². The lowest BCUT2D eigenvalue weighted by molar-refractivity contribution is -0.123. The first-order valence-corrected chi connectivity index (χ1v) is 8.85. The van der Waals surface area contributed by atoms with Crippen LogP contribution in [-0.2, 0) is 16.1 Å². The SMILES string of the molecule is Cc1cc(C)c2c(n1)SCC(=O)N2CC(=O)NCc1cccc(F)c1. The van der Waals surface area contributed by atoms with Gasteiger partial charge in [-0.2, -0.15) is 0 Å². The molecule has 2 amide bonds. The van der Waals surface area contributed by atoms with E-state index in [1.807, 2.05) is 19.9 Å². The zero-order valence-electron chi connectivity index (χ0n) is 14.0. The van der Waals surface area contributed by atoms with Crippen molar-refractivity contribution in [1.29, 1.82) is 0 Å². The molecule has 1 aromatic heterocycles. The fourth-order valence-corrected chi connectivity index (χ4v) is 3.80. The van der Waals surface area contributed by atoms with Gasteiger partial charge in [-0.15, -0.1) is 0 Å². The summed E-state index contributed by atoms with van der Waals surface area (Å²) in [7, 11) is 0. The minimum absolute atomic E-state index is 0.0761. The molecule has 130 valence electrons. The average molecular weight is 359 g/mol. The zero-order chi connectivity index (χ0) is 18.0. The molecule has 0 spiro atoms. The molecule has 1 aromatic carbocycles. The maximum Gasteiger partial charge on any atom is 0.240 e. The van der Waals surface area contributed by atoms with E-state index in [1.54, 1.807) is 12.1 Å². The van der Waals surface area contributed by atoms with Crippen molar-refractivity contribution in [2.75, 3.05) is 17.2 Å². The molecular formula is C18H18FN3O2S. The number of benzene rings is 1. The molecule has 0 bridgehead atoms. The number of nitrogens with zero attached hydrogens (tertiary/aromatic N) is 2. The molecule has 0 radical (unpaired) electrons. The number of hydrogen-bond acceptors (Lipinski definition) is 4. The Hall–Kier alpha value is -2.41. The maximum absolute atomic E-state index is 13.2. The number of fused-ring (bicyclic) bond motifs is 1. The summed E-state index contributed by atoms with van der Waals surface area (Å²) in [5, 5.41) is 3.50. The number of amides is 2. The molecule has 7 heteroatoms. The van der Waals surface area contributed by atoms with Crippen molar-refractivity contribution in [2.45, 2.75) is 25.4 Å². The van der Waals surface area contributed by atoms with Gasteiger partial charge in [-0.1, -0.05) is 23.9 Å². The molecule has 2 aromatic rings. The monoisotopic (exact) mass is 359 g/mol. The zero-order valence-corrected chi connectivity index (χ0v) is 14.8. The second kappa shape index (κ2) is 7.23. The Labute approximate surface area is 149 Å². The largest absolute Gasteiger partial charge is 0.350 e. The fraction of sp³-hybridized carbons (Fsp3) is 0.278. The van der Waals surface area contributed by atoms with E-state index in [-0.39, 0.29) is 36.5 Å². The lowest BCUT2D eigenvalue weighted by Crippen LogP contribution is -2.43. The van der Waals surface area contributed by atoms with Gasteiger partial charge in [-0.25, -0.2) is 9.37 Å². The van der Waals surface area contributed by atoms with Gasteiger partial charge in [0.05, 0.1) is 11.4 Å². The van der Waals surface area contributed by atoms with Gasteiger partial charge in [0.2, 0.25) is 11.8 Å². The lowest BCUT2D eigenvalue weighted by atomic mass is 10.2. The Morgan fingerprint density at radius 1 is 1.36 bits per heavy atom. The summed E-state index contributed by atoms with van der Waals surface area (Å²) in [5.74, 6) is -0.497. The highest BCUT2D eigenvalue weighted by molar-refractivity contribution is 8.00. The van der Waals surface area contributed by atoms with Crippen LogP contribution in [0.25, 0.3) is 0 Å². The number of rotatable bonds is 4. The van der Waals surface area contributed by atoms with Crippen LogP contribution in [0.15, 0.2) is 35.4 Å². The first-order valence-electron chi connectivity index (χ1n) is 7.86. The number of aryl methyl sites for hydroxylation is 2. The smallest absolute Gasteiger partial charge is 0.240 e. The Kier molecular flexibility index (Phi) is 5.03. The predicted molar refractivity (Wildman–Crippen MR) is 95.0 cm³/mol. The van der Waals surface area contributed by atoms with Gasteiger partial charge in [-0.3, -0.25) is 14.5 Å². The third-order valence-corrected chi connectivity index (χ3v) is 4.81. The van der Waals surface area contributed by atoms with Gasteiger partial charge in [0.1, 0.15) is 17.4 Å². The Balaban J connectivity index is 1.72. The Morgan fingerprint density at radius 3 is 2.92 bits per heavy atom. The van der Waals surface area contributed by atoms with Crippen LogP contribution in [0.4, 0.5) is 10.1 Å². The van der Waals surface area contributed by atoms with E-state index in [9.17, 15) is 14.0 Å². The first kappa shape index (κ1) is 17.4. The van der Waals surface area contributed by atoms with E-state index >= 15 is 0 Å². The van der Waals surface area contributed by atoms with Crippen LogP contribution in [0.2, 0.25) is 0 Å². The summed E-state index contributed by atoms with van der Waals surface area (Å²) in [4.78, 5) is 30.5. The fourth-order valence-electron chi connectivity index (χ4n) is 2.77. The van der Waals surface area contributed by atoms with Crippen molar-refractivity contribution in [3.05, 3.63) is 53.0 Å². The molecule has 0 saturated carbocycles. The number of carbonyl (C=O) groups is 2. The number of anilines is 1. The molecule has 5 nitrogen and oxygen atoms in total. The normalized spacial score (nSPS) is 13.6. The second-order valence-corrected chi connectivity index (χ2v) is 6.87. The van der Waals surface area contributed by atoms with Crippen molar-refractivity contribution in [2.24, 2.45) is 0 Å². The number of thioether (sulfide) groups is 1. The van der Waals surface area contributed by atoms with Gasteiger partial charge in [-0.05, 0) is 43.2 Å². The molecule has 1 N–H and O–H groups in total. The predicted octanol–water partition coefficient (Wildman–Crippen LogP) is 2.59. The highest BCUT2D eigenvalue weighted by Crippen LogP contribution is 2.36. The highest BCUT2D eigenvalue weighted by atomic mass is 32.2. The van der Waals surface area contributed by atoms with Crippen molar-refractivity contribution < 1.29 is 14.0 Å². The third-order valence-electron chi connectivity index (χ3n) is 3.86. The molecule has 1 aliphatic rings. The number of aromatic nitrogens is 1. The van der Waals surface area contributed by atoms with Crippen molar-refractivity contribution >= 4 is 29.3 Å². The molecule has 25 heavy (non-hydrogen) atoms. The standard InChI is InChI=1S/C18H18FN3O2S/c1-11-6-12(2)21-18-17(11)22(16(24)10-25-18)9-15(23)20-8-13-4-3-5-14(19)7-13/h3-7H,8-10H2,1-2H3,(H,20,23). The van der Waals surface area contributed by atoms with Gasteiger partial charge in [0.15, 0.2) is 0 Å². The van der Waals surface area contributed by atoms with Crippen molar-refractivity contribution in [3.8, 4) is 0 Å². The number of nitrogens with one attached hydrogen (secondary N) is 1. The molecule has 0 unspecified atom stereocenters. The van der Waals surface area contributed by atoms with Crippen LogP contribution < -0.4 is 10.2 Å². The molecule has 0 atom stereocenters. The molecule has 0 saturated heterocycles. The number of halogens is 1. The summed E-state index contributed by atoms with van der Waals surface area (Å²) in [6.45, 7) is 3.95. The van der Waals surface area contributed by atoms with Crippen molar-refractivity contribution in [3.63, 3.8) is 0 Å². The van der Waals surface area contributed by atoms with Gasteiger partial charge in [0, 0.05) is 12.2 Å². The van der Waals surface area contributed by atoms with E-state index in [1.165, 1.54) is 28.8 Å². The Morgan fingerprint density at radius 2 is 2.16 bits per heavy atom. The lowest BCUT2D eigenvalue weighted by Gasteiger charge is -2.29. The first-order chi connectivity index (χ1) is 11.9. The quantitative estimate of drug-likeness (QED) is 0.911. The van der Waals surface area contributed by atoms with Crippen LogP contribution >= 0.6 is 11.8 Å². The average Bonchev–Trinajstić information content (AvgIpc) is 2.55. The second-order valence-electron chi connectivity index (χ2n) is 5.91. The van der Waals surface area contributed by atoms with E-state index in [0.29, 0.717) is 11.3 Å². The number of hydrogen-bond donors (Lipinski definition) is 1. The summed E-state index contributed by atoms with van der Waals surface area (Å²) < 4.78 is 13.2. The van der Waals surface area contributed by atoms with E-state index < -0.39 is 0 Å². The molecular weight excluding hydrogens is 341 g/mol. The molecule has 0 fully saturated rings. The van der Waals surface area contributed by atoms with Gasteiger partial charge < -0.3 is 5.32 Å². The maximum atomic E-state index is 13.2. The van der Waals surface area contributed by atoms with Crippen LogP contribution in [0.5, 0.6) is 0 Å². The summed E-state index contributed by atoms with van der Waals surface area (Å²) >= 11 is 1.39. The van der Waals surface area contributed by atoms with E-state index in [0.717, 1.165) is 16.3 Å². The third kappa shape index (κ3) is 3.99. The van der Waals surface area contributed by atoms with Crippen LogP contribution in [0.1, 0.15) is 16.8 Å². The van der Waals surface area contributed by atoms with Crippen LogP contribution in [0, 0.1) is 19.7 Å². The molecule has 0 aliphatic carbocycles. The molecule has 3 rings (SSSR count). The topological polar surface area (TPSA) is 62.3 Å². The Bertz CT molecular complexity index is 841. The minimum Gasteiger partial charge on any atom is -0.350 e. The summed E-state index contributed by atoms with van der Waals surface area (Å²) in [5.41, 5.74) is 3.17. The van der Waals surface area contributed by atoms with Crippen LogP contribution in [-0.4, -0.2) is 29.1 Å². The molecule has 2 heterocycles. The number of pyridine rings is 1. The number of carbonyl (C=O) groups excluding carboxylic acids is 2. The summed E-state index contributed by atoms with van der Waals surface area (Å²) in [6.07, 6.45) is 0. The van der Waals surface area contributed by atoms with Crippen molar-refractivity contribution in [1.82, 2.24) is 10.3 Å². The molecule has 1 aliphatic heterocycles. The minimum atomic E-state index is -0.346. The van der Waals surface area contributed by atoms with E-state index in [4.69, 9.17) is 0 Å². The summed E-state index contributed by atoms with van der Waals surface area (Å²) in [6, 6.07) is 7.95. The van der Waals surface area contributed by atoms with Gasteiger partial charge in [0.25, 0.3) is 0 Å².